The smallest absolute Gasteiger partial charge is 0.322 e. The second kappa shape index (κ2) is 4.60. The van der Waals surface area contributed by atoms with Crippen LogP contribution in [0.2, 0.25) is 0 Å². The molecule has 2 N–H and O–H groups in total. The lowest BCUT2D eigenvalue weighted by Gasteiger charge is -2.42. The van der Waals surface area contributed by atoms with Crippen LogP contribution < -0.4 is 10.6 Å². The molecule has 1 aromatic carbocycles. The molecule has 1 aromatic rings. The first-order valence-corrected chi connectivity index (χ1v) is 7.30. The molecule has 0 spiro atoms. The molecular weight excluding hydrogens is 264 g/mol. The summed E-state index contributed by atoms with van der Waals surface area (Å²) in [5.41, 5.74) is 2.02. The molecule has 21 heavy (non-hydrogen) atoms. The Morgan fingerprint density at radius 2 is 2.19 bits per heavy atom. The van der Waals surface area contributed by atoms with Crippen LogP contribution in [-0.2, 0) is 14.9 Å². The Labute approximate surface area is 125 Å². The number of benzene rings is 1. The predicted octanol–water partition coefficient (Wildman–Crippen LogP) is 2.42. The van der Waals surface area contributed by atoms with Gasteiger partial charge in [-0.15, -0.1) is 6.58 Å². The van der Waals surface area contributed by atoms with Gasteiger partial charge in [0, 0.05) is 11.1 Å². The van der Waals surface area contributed by atoms with Crippen molar-refractivity contribution in [3.05, 3.63) is 42.5 Å². The molecule has 1 fully saturated rings. The van der Waals surface area contributed by atoms with Gasteiger partial charge in [0.2, 0.25) is 0 Å². The fraction of sp³-hybridized carbons (Fsp3) is 0.471. The van der Waals surface area contributed by atoms with Crippen LogP contribution in [0.4, 0.5) is 5.69 Å². The molecule has 0 amide bonds. The minimum absolute atomic E-state index is 0.00648. The van der Waals surface area contributed by atoms with Gasteiger partial charge in [-0.2, -0.15) is 0 Å². The number of anilines is 1. The molecule has 4 nitrogen and oxygen atoms in total. The van der Waals surface area contributed by atoms with Crippen LogP contribution in [0.1, 0.15) is 25.8 Å². The van der Waals surface area contributed by atoms with Gasteiger partial charge in [0.25, 0.3) is 0 Å². The standard InChI is InChI=1S/C17H22N2O2/c1-5-16(2,3)17-10-13(14(20)21-4)19-15(17)18-12-9-7-6-8-11(12)17/h5-9,13,15,18-19H,1,10H2,2-4H3/t13?,15-,17?/m0/s1. The van der Waals surface area contributed by atoms with E-state index in [9.17, 15) is 4.79 Å². The zero-order valence-electron chi connectivity index (χ0n) is 12.8. The summed E-state index contributed by atoms with van der Waals surface area (Å²) in [6, 6.07) is 8.02. The molecule has 2 aliphatic heterocycles. The number of allylic oxidation sites excluding steroid dienone is 1. The number of methoxy groups -OCH3 is 1. The molecule has 0 saturated carbocycles. The summed E-state index contributed by atoms with van der Waals surface area (Å²) in [6.07, 6.45) is 2.70. The number of rotatable bonds is 3. The van der Waals surface area contributed by atoms with Crippen LogP contribution in [0.15, 0.2) is 36.9 Å². The summed E-state index contributed by atoms with van der Waals surface area (Å²) in [7, 11) is 1.44. The van der Waals surface area contributed by atoms with Crippen LogP contribution in [0, 0.1) is 5.41 Å². The lowest BCUT2D eigenvalue weighted by molar-refractivity contribution is -0.142. The Morgan fingerprint density at radius 3 is 2.86 bits per heavy atom. The molecule has 0 bridgehead atoms. The lowest BCUT2D eigenvalue weighted by atomic mass is 9.60. The molecule has 3 rings (SSSR count). The fourth-order valence-electron chi connectivity index (χ4n) is 3.88. The van der Waals surface area contributed by atoms with Gasteiger partial charge in [0.1, 0.15) is 6.04 Å². The summed E-state index contributed by atoms with van der Waals surface area (Å²) in [6.45, 7) is 8.38. The highest BCUT2D eigenvalue weighted by Gasteiger charge is 2.61. The predicted molar refractivity (Wildman–Crippen MR) is 83.1 cm³/mol. The maximum absolute atomic E-state index is 12.0. The van der Waals surface area contributed by atoms with E-state index in [1.165, 1.54) is 12.7 Å². The van der Waals surface area contributed by atoms with Crippen molar-refractivity contribution in [2.24, 2.45) is 5.41 Å². The van der Waals surface area contributed by atoms with Crippen molar-refractivity contribution in [2.75, 3.05) is 12.4 Å². The summed E-state index contributed by atoms with van der Waals surface area (Å²) in [4.78, 5) is 12.0. The highest BCUT2D eigenvalue weighted by Crippen LogP contribution is 2.57. The number of fused-ring (bicyclic) bond motifs is 3. The topological polar surface area (TPSA) is 50.4 Å². The summed E-state index contributed by atoms with van der Waals surface area (Å²) >= 11 is 0. The largest absolute Gasteiger partial charge is 0.468 e. The van der Waals surface area contributed by atoms with Crippen molar-refractivity contribution >= 4 is 11.7 Å². The summed E-state index contributed by atoms with van der Waals surface area (Å²) < 4.78 is 4.92. The molecule has 0 aliphatic carbocycles. The highest BCUT2D eigenvalue weighted by atomic mass is 16.5. The molecule has 0 radical (unpaired) electrons. The SMILES string of the molecule is C=CC(C)(C)C12CC(C(=O)OC)N[C@@H]1Nc1ccccc12. The lowest BCUT2D eigenvalue weighted by Crippen LogP contribution is -2.49. The van der Waals surface area contributed by atoms with E-state index in [2.05, 4.69) is 49.3 Å². The third-order valence-corrected chi connectivity index (χ3v) is 5.24. The van der Waals surface area contributed by atoms with Gasteiger partial charge in [-0.05, 0) is 23.5 Å². The molecular formula is C17H22N2O2. The van der Waals surface area contributed by atoms with E-state index >= 15 is 0 Å². The number of esters is 1. The number of hydrogen-bond donors (Lipinski definition) is 2. The summed E-state index contributed by atoms with van der Waals surface area (Å²) in [5, 5.41) is 6.92. The number of para-hydroxylation sites is 1. The third kappa shape index (κ3) is 1.75. The maximum Gasteiger partial charge on any atom is 0.322 e. The van der Waals surface area contributed by atoms with Crippen LogP contribution >= 0.6 is 0 Å². The van der Waals surface area contributed by atoms with Crippen LogP contribution in [0.3, 0.4) is 0 Å². The minimum Gasteiger partial charge on any atom is -0.468 e. The van der Waals surface area contributed by atoms with Crippen molar-refractivity contribution in [2.45, 2.75) is 37.9 Å². The second-order valence-electron chi connectivity index (χ2n) is 6.47. The minimum atomic E-state index is -0.292. The Morgan fingerprint density at radius 1 is 1.48 bits per heavy atom. The van der Waals surface area contributed by atoms with E-state index in [0.29, 0.717) is 6.42 Å². The van der Waals surface area contributed by atoms with Gasteiger partial charge in [-0.1, -0.05) is 38.1 Å². The van der Waals surface area contributed by atoms with E-state index in [-0.39, 0.29) is 29.0 Å². The Balaban J connectivity index is 2.12. The van der Waals surface area contributed by atoms with Gasteiger partial charge < -0.3 is 10.1 Å². The Hall–Kier alpha value is -1.81. The number of ether oxygens (including phenoxy) is 1. The van der Waals surface area contributed by atoms with Crippen molar-refractivity contribution < 1.29 is 9.53 Å². The first-order valence-electron chi connectivity index (χ1n) is 7.30. The van der Waals surface area contributed by atoms with Gasteiger partial charge >= 0.3 is 5.97 Å². The zero-order valence-corrected chi connectivity index (χ0v) is 12.8. The van der Waals surface area contributed by atoms with E-state index in [4.69, 9.17) is 4.74 Å². The molecule has 1 saturated heterocycles. The summed E-state index contributed by atoms with van der Waals surface area (Å²) in [5.74, 6) is -0.206. The molecule has 112 valence electrons. The van der Waals surface area contributed by atoms with E-state index in [0.717, 1.165) is 5.69 Å². The van der Waals surface area contributed by atoms with Crippen molar-refractivity contribution in [3.8, 4) is 0 Å². The van der Waals surface area contributed by atoms with E-state index in [1.807, 2.05) is 12.1 Å². The monoisotopic (exact) mass is 286 g/mol. The molecule has 0 aromatic heterocycles. The quantitative estimate of drug-likeness (QED) is 0.662. The fourth-order valence-corrected chi connectivity index (χ4v) is 3.88. The Bertz CT molecular complexity index is 596. The number of carbonyl (C=O) groups excluding carboxylic acids is 1. The third-order valence-electron chi connectivity index (χ3n) is 5.24. The molecule has 3 atom stereocenters. The zero-order chi connectivity index (χ0) is 15.3. The van der Waals surface area contributed by atoms with E-state index in [1.54, 1.807) is 0 Å². The van der Waals surface area contributed by atoms with Gasteiger partial charge in [-0.3, -0.25) is 10.1 Å². The number of nitrogens with one attached hydrogen (secondary N) is 2. The van der Waals surface area contributed by atoms with Gasteiger partial charge in [0.05, 0.1) is 13.3 Å². The van der Waals surface area contributed by atoms with Crippen molar-refractivity contribution in [3.63, 3.8) is 0 Å². The maximum atomic E-state index is 12.0. The average Bonchev–Trinajstić information content (AvgIpc) is 3.00. The normalized spacial score (nSPS) is 30.2. The van der Waals surface area contributed by atoms with Crippen LogP contribution in [0.25, 0.3) is 0 Å². The molecule has 2 aliphatic rings. The van der Waals surface area contributed by atoms with Crippen LogP contribution in [-0.4, -0.2) is 25.3 Å². The van der Waals surface area contributed by atoms with E-state index < -0.39 is 0 Å². The average molecular weight is 286 g/mol. The number of carbonyl (C=O) groups is 1. The van der Waals surface area contributed by atoms with Crippen molar-refractivity contribution in [1.82, 2.24) is 5.32 Å². The van der Waals surface area contributed by atoms with Gasteiger partial charge in [0.15, 0.2) is 0 Å². The Kier molecular flexibility index (Phi) is 3.10. The first kappa shape index (κ1) is 14.1. The first-order chi connectivity index (χ1) is 9.96. The second-order valence-corrected chi connectivity index (χ2v) is 6.47. The van der Waals surface area contributed by atoms with Crippen molar-refractivity contribution in [1.29, 1.82) is 0 Å². The highest BCUT2D eigenvalue weighted by molar-refractivity contribution is 5.78. The molecule has 2 heterocycles. The van der Waals surface area contributed by atoms with Crippen LogP contribution in [0.5, 0.6) is 0 Å². The van der Waals surface area contributed by atoms with Gasteiger partial charge in [-0.25, -0.2) is 0 Å². The molecule has 2 unspecified atom stereocenters. The number of hydrogen-bond acceptors (Lipinski definition) is 4. The molecule has 4 heteroatoms.